The van der Waals surface area contributed by atoms with Gasteiger partial charge in [-0.3, -0.25) is 9.69 Å². The Labute approximate surface area is 110 Å². The lowest BCUT2D eigenvalue weighted by atomic mass is 10.1. The van der Waals surface area contributed by atoms with E-state index in [1.165, 1.54) is 0 Å². The van der Waals surface area contributed by atoms with E-state index in [0.717, 1.165) is 6.54 Å². The smallest absolute Gasteiger partial charge is 0.372 e. The first-order valence-corrected chi connectivity index (χ1v) is 6.25. The quantitative estimate of drug-likeness (QED) is 0.673. The molecule has 1 rings (SSSR count). The van der Waals surface area contributed by atoms with Gasteiger partial charge in [0.1, 0.15) is 12.6 Å². The highest BCUT2D eigenvalue weighted by atomic mass is 19.4. The van der Waals surface area contributed by atoms with Gasteiger partial charge in [0, 0.05) is 39.8 Å². The number of hydrogen-bond acceptors (Lipinski definition) is 4. The van der Waals surface area contributed by atoms with Gasteiger partial charge < -0.3 is 15.4 Å². The minimum Gasteiger partial charge on any atom is -0.372 e. The number of nitrogens with one attached hydrogen (secondary N) is 2. The molecule has 0 bridgehead atoms. The van der Waals surface area contributed by atoms with E-state index >= 15 is 0 Å². The Kier molecular flexibility index (Phi) is 6.53. The Morgan fingerprint density at radius 1 is 1.53 bits per heavy atom. The summed E-state index contributed by atoms with van der Waals surface area (Å²) in [7, 11) is 1.57. The van der Waals surface area contributed by atoms with Gasteiger partial charge in [-0.2, -0.15) is 13.2 Å². The Bertz CT molecular complexity index is 287. The van der Waals surface area contributed by atoms with Gasteiger partial charge in [0.15, 0.2) is 0 Å². The lowest BCUT2D eigenvalue weighted by Gasteiger charge is -2.34. The predicted molar refractivity (Wildman–Crippen MR) is 63.8 cm³/mol. The fourth-order valence-corrected chi connectivity index (χ4v) is 2.00. The molecule has 1 aliphatic heterocycles. The normalized spacial score (nSPS) is 21.4. The Morgan fingerprint density at radius 2 is 2.26 bits per heavy atom. The number of hydrogen-bond donors (Lipinski definition) is 2. The summed E-state index contributed by atoms with van der Waals surface area (Å²) in [6, 6.07) is -0.263. The van der Waals surface area contributed by atoms with Gasteiger partial charge in [-0.15, -0.1) is 0 Å². The van der Waals surface area contributed by atoms with Crippen LogP contribution in [0.4, 0.5) is 13.2 Å². The van der Waals surface area contributed by atoms with Gasteiger partial charge in [-0.05, 0) is 6.42 Å². The molecule has 0 spiro atoms. The van der Waals surface area contributed by atoms with Crippen molar-refractivity contribution in [2.75, 3.05) is 46.4 Å². The van der Waals surface area contributed by atoms with Crippen LogP contribution < -0.4 is 10.6 Å². The van der Waals surface area contributed by atoms with Crippen LogP contribution in [0.15, 0.2) is 0 Å². The molecule has 1 aliphatic rings. The third-order valence-corrected chi connectivity index (χ3v) is 2.90. The summed E-state index contributed by atoms with van der Waals surface area (Å²) in [4.78, 5) is 13.6. The molecule has 1 atom stereocenters. The second-order valence-corrected chi connectivity index (χ2v) is 4.39. The second-order valence-electron chi connectivity index (χ2n) is 4.39. The van der Waals surface area contributed by atoms with Crippen LogP contribution in [0.3, 0.4) is 0 Å². The van der Waals surface area contributed by atoms with Crippen molar-refractivity contribution in [1.29, 1.82) is 0 Å². The maximum atomic E-state index is 11.9. The topological polar surface area (TPSA) is 53.6 Å². The van der Waals surface area contributed by atoms with Crippen molar-refractivity contribution < 1.29 is 22.7 Å². The van der Waals surface area contributed by atoms with Crippen molar-refractivity contribution in [3.63, 3.8) is 0 Å². The van der Waals surface area contributed by atoms with Crippen molar-refractivity contribution in [3.8, 4) is 0 Å². The third-order valence-electron chi connectivity index (χ3n) is 2.90. The molecule has 1 saturated heterocycles. The van der Waals surface area contributed by atoms with Crippen molar-refractivity contribution in [2.24, 2.45) is 0 Å². The van der Waals surface area contributed by atoms with E-state index < -0.39 is 12.8 Å². The Balaban J connectivity index is 2.24. The van der Waals surface area contributed by atoms with E-state index in [2.05, 4.69) is 15.4 Å². The molecule has 1 unspecified atom stereocenters. The summed E-state index contributed by atoms with van der Waals surface area (Å²) < 4.78 is 40.1. The number of carbonyl (C=O) groups excluding carboxylic acids is 1. The van der Waals surface area contributed by atoms with Gasteiger partial charge >= 0.3 is 6.18 Å². The third kappa shape index (κ3) is 6.22. The standard InChI is InChI=1S/C11H20F3N3O2/c1-15-10(18)9-7-16-3-5-17(9)4-2-6-19-8-11(12,13)14/h9,16H,2-8H2,1H3,(H,15,18). The molecule has 2 N–H and O–H groups in total. The van der Waals surface area contributed by atoms with Crippen LogP contribution in [0.2, 0.25) is 0 Å². The SMILES string of the molecule is CNC(=O)C1CNCCN1CCCOCC(F)(F)F. The molecule has 0 aliphatic carbocycles. The molecule has 112 valence electrons. The van der Waals surface area contributed by atoms with Gasteiger partial charge in [0.05, 0.1) is 0 Å². The first kappa shape index (κ1) is 16.2. The molecular weight excluding hydrogens is 263 g/mol. The van der Waals surface area contributed by atoms with Crippen LogP contribution in [0.5, 0.6) is 0 Å². The van der Waals surface area contributed by atoms with Gasteiger partial charge in [0.25, 0.3) is 0 Å². The van der Waals surface area contributed by atoms with E-state index in [4.69, 9.17) is 0 Å². The lowest BCUT2D eigenvalue weighted by Crippen LogP contribution is -2.57. The van der Waals surface area contributed by atoms with Gasteiger partial charge in [-0.25, -0.2) is 0 Å². The van der Waals surface area contributed by atoms with Crippen LogP contribution in [-0.2, 0) is 9.53 Å². The monoisotopic (exact) mass is 283 g/mol. The molecule has 1 heterocycles. The zero-order valence-corrected chi connectivity index (χ0v) is 10.9. The number of nitrogens with zero attached hydrogens (tertiary/aromatic N) is 1. The molecule has 1 fully saturated rings. The molecule has 0 aromatic rings. The average molecular weight is 283 g/mol. The fraction of sp³-hybridized carbons (Fsp3) is 0.909. The molecule has 0 saturated carbocycles. The molecule has 5 nitrogen and oxygen atoms in total. The van der Waals surface area contributed by atoms with Crippen LogP contribution in [0.1, 0.15) is 6.42 Å². The number of piperazine rings is 1. The molecular formula is C11H20F3N3O2. The highest BCUT2D eigenvalue weighted by Gasteiger charge is 2.28. The molecule has 0 aromatic carbocycles. The minimum absolute atomic E-state index is 0.0455. The number of amides is 1. The van der Waals surface area contributed by atoms with E-state index in [1.807, 2.05) is 4.90 Å². The summed E-state index contributed by atoms with van der Waals surface area (Å²) in [5, 5.41) is 5.70. The van der Waals surface area contributed by atoms with E-state index in [0.29, 0.717) is 26.1 Å². The average Bonchev–Trinajstić information content (AvgIpc) is 2.36. The van der Waals surface area contributed by atoms with E-state index in [-0.39, 0.29) is 18.6 Å². The maximum absolute atomic E-state index is 11.9. The molecule has 1 amide bonds. The van der Waals surface area contributed by atoms with Gasteiger partial charge in [-0.1, -0.05) is 0 Å². The summed E-state index contributed by atoms with van der Waals surface area (Å²) in [5.74, 6) is -0.0802. The van der Waals surface area contributed by atoms with E-state index in [9.17, 15) is 18.0 Å². The number of carbonyl (C=O) groups is 1. The fourth-order valence-electron chi connectivity index (χ4n) is 2.00. The van der Waals surface area contributed by atoms with Crippen LogP contribution in [0, 0.1) is 0 Å². The number of alkyl halides is 3. The Morgan fingerprint density at radius 3 is 2.89 bits per heavy atom. The first-order chi connectivity index (χ1) is 8.94. The summed E-state index contributed by atoms with van der Waals surface area (Å²) in [6.45, 7) is 1.42. The molecule has 8 heteroatoms. The van der Waals surface area contributed by atoms with Crippen molar-refractivity contribution in [1.82, 2.24) is 15.5 Å². The largest absolute Gasteiger partial charge is 0.411 e. The van der Waals surface area contributed by atoms with Gasteiger partial charge in [0.2, 0.25) is 5.91 Å². The van der Waals surface area contributed by atoms with Crippen molar-refractivity contribution >= 4 is 5.91 Å². The molecule has 0 radical (unpaired) electrons. The van der Waals surface area contributed by atoms with Crippen LogP contribution in [0.25, 0.3) is 0 Å². The zero-order chi connectivity index (χ0) is 14.3. The van der Waals surface area contributed by atoms with Crippen molar-refractivity contribution in [3.05, 3.63) is 0 Å². The predicted octanol–water partition coefficient (Wildman–Crippen LogP) is -0.0248. The number of ether oxygens (including phenoxy) is 1. The second kappa shape index (κ2) is 7.66. The first-order valence-electron chi connectivity index (χ1n) is 6.25. The van der Waals surface area contributed by atoms with E-state index in [1.54, 1.807) is 7.05 Å². The number of rotatable bonds is 6. The summed E-state index contributed by atoms with van der Waals surface area (Å²) in [5.41, 5.74) is 0. The minimum atomic E-state index is -4.28. The summed E-state index contributed by atoms with van der Waals surface area (Å²) >= 11 is 0. The maximum Gasteiger partial charge on any atom is 0.411 e. The zero-order valence-electron chi connectivity index (χ0n) is 10.9. The number of halogens is 3. The van der Waals surface area contributed by atoms with Crippen LogP contribution in [-0.4, -0.2) is 69.5 Å². The number of likely N-dealkylation sites (N-methyl/N-ethyl adjacent to an activating group) is 1. The Hall–Kier alpha value is -0.860. The van der Waals surface area contributed by atoms with Crippen molar-refractivity contribution in [2.45, 2.75) is 18.6 Å². The van der Waals surface area contributed by atoms with Crippen LogP contribution >= 0.6 is 0 Å². The molecule has 0 aromatic heterocycles. The lowest BCUT2D eigenvalue weighted by molar-refractivity contribution is -0.174. The molecule has 19 heavy (non-hydrogen) atoms. The highest BCUT2D eigenvalue weighted by molar-refractivity contribution is 5.81. The highest BCUT2D eigenvalue weighted by Crippen LogP contribution is 2.14. The summed E-state index contributed by atoms with van der Waals surface area (Å²) in [6.07, 6.45) is -3.80.